The largest absolute Gasteiger partial charge is 0.502 e. The van der Waals surface area contributed by atoms with Gasteiger partial charge in [-0.05, 0) is 18.2 Å². The predicted octanol–water partition coefficient (Wildman–Crippen LogP) is 2.27. The Hall–Kier alpha value is -2.65. The summed E-state index contributed by atoms with van der Waals surface area (Å²) in [4.78, 5) is 11.9. The van der Waals surface area contributed by atoms with Gasteiger partial charge >= 0.3 is 5.69 Å². The van der Waals surface area contributed by atoms with E-state index in [1.165, 1.54) is 18.2 Å². The Bertz CT molecular complexity index is 869. The standard InChI is InChI=1S/C13H10ClN3O5S/c14-10-6-9(13(18)12(7-10)17(19)20)8-15-16-23(21,22)11-4-2-1-3-5-11/h1-8,16,18H/b15-8-. The van der Waals surface area contributed by atoms with E-state index in [2.05, 4.69) is 5.10 Å². The average molecular weight is 356 g/mol. The fourth-order valence-corrected chi connectivity index (χ4v) is 2.69. The van der Waals surface area contributed by atoms with Crippen LogP contribution >= 0.6 is 11.6 Å². The van der Waals surface area contributed by atoms with Crippen LogP contribution in [-0.4, -0.2) is 24.7 Å². The van der Waals surface area contributed by atoms with Gasteiger partial charge in [-0.25, -0.2) is 4.83 Å². The van der Waals surface area contributed by atoms with Gasteiger partial charge in [0.25, 0.3) is 10.0 Å². The molecule has 0 spiro atoms. The second kappa shape index (κ2) is 6.63. The van der Waals surface area contributed by atoms with Gasteiger partial charge in [0.05, 0.1) is 16.0 Å². The van der Waals surface area contributed by atoms with E-state index in [9.17, 15) is 23.6 Å². The maximum Gasteiger partial charge on any atom is 0.312 e. The van der Waals surface area contributed by atoms with E-state index in [4.69, 9.17) is 11.6 Å². The molecule has 0 saturated heterocycles. The van der Waals surface area contributed by atoms with E-state index in [-0.39, 0.29) is 15.5 Å². The van der Waals surface area contributed by atoms with Gasteiger partial charge < -0.3 is 5.11 Å². The van der Waals surface area contributed by atoms with Crippen molar-refractivity contribution in [3.63, 3.8) is 0 Å². The Morgan fingerprint density at radius 1 is 1.26 bits per heavy atom. The molecule has 120 valence electrons. The van der Waals surface area contributed by atoms with Crippen LogP contribution in [0.3, 0.4) is 0 Å². The fourth-order valence-electron chi connectivity index (χ4n) is 1.66. The first-order valence-corrected chi connectivity index (χ1v) is 7.94. The van der Waals surface area contributed by atoms with Gasteiger partial charge in [-0.1, -0.05) is 29.8 Å². The summed E-state index contributed by atoms with van der Waals surface area (Å²) >= 11 is 5.71. The van der Waals surface area contributed by atoms with Gasteiger partial charge in [0.2, 0.25) is 5.75 Å². The summed E-state index contributed by atoms with van der Waals surface area (Å²) in [6.45, 7) is 0. The van der Waals surface area contributed by atoms with Gasteiger partial charge in [-0.3, -0.25) is 10.1 Å². The lowest BCUT2D eigenvalue weighted by molar-refractivity contribution is -0.385. The average Bonchev–Trinajstić information content (AvgIpc) is 2.51. The Balaban J connectivity index is 2.27. The first-order chi connectivity index (χ1) is 10.8. The van der Waals surface area contributed by atoms with Crippen LogP contribution in [0, 0.1) is 10.1 Å². The van der Waals surface area contributed by atoms with Crippen LogP contribution in [0.25, 0.3) is 0 Å². The number of phenolic OH excluding ortho intramolecular Hbond substituents is 1. The molecule has 0 saturated carbocycles. The number of sulfonamides is 1. The Kier molecular flexibility index (Phi) is 4.82. The number of phenols is 1. The van der Waals surface area contributed by atoms with Crippen molar-refractivity contribution in [1.82, 2.24) is 4.83 Å². The molecule has 2 aromatic rings. The molecule has 8 nitrogen and oxygen atoms in total. The van der Waals surface area contributed by atoms with Gasteiger partial charge in [0, 0.05) is 16.7 Å². The van der Waals surface area contributed by atoms with Crippen LogP contribution < -0.4 is 4.83 Å². The van der Waals surface area contributed by atoms with E-state index in [1.54, 1.807) is 18.2 Å². The number of halogens is 1. The van der Waals surface area contributed by atoms with Crippen molar-refractivity contribution in [2.45, 2.75) is 4.90 Å². The lowest BCUT2D eigenvalue weighted by atomic mass is 10.2. The molecule has 0 fully saturated rings. The van der Waals surface area contributed by atoms with Crippen LogP contribution in [0.15, 0.2) is 52.5 Å². The summed E-state index contributed by atoms with van der Waals surface area (Å²) < 4.78 is 23.9. The minimum Gasteiger partial charge on any atom is -0.502 e. The molecule has 0 radical (unpaired) electrons. The third-order valence-corrected chi connectivity index (χ3v) is 4.17. The van der Waals surface area contributed by atoms with Crippen molar-refractivity contribution in [3.8, 4) is 5.75 Å². The molecule has 0 heterocycles. The van der Waals surface area contributed by atoms with E-state index in [0.717, 1.165) is 12.3 Å². The number of nitro groups is 1. The topological polar surface area (TPSA) is 122 Å². The third-order valence-electron chi connectivity index (χ3n) is 2.71. The number of benzene rings is 2. The van der Waals surface area contributed by atoms with Gasteiger partial charge in [0.15, 0.2) is 0 Å². The van der Waals surface area contributed by atoms with E-state index >= 15 is 0 Å². The number of nitrogens with zero attached hydrogens (tertiary/aromatic N) is 2. The molecule has 0 aliphatic heterocycles. The number of hydrogen-bond donors (Lipinski definition) is 2. The fraction of sp³-hybridized carbons (Fsp3) is 0. The molecule has 0 aliphatic carbocycles. The third kappa shape index (κ3) is 3.96. The summed E-state index contributed by atoms with van der Waals surface area (Å²) in [6.07, 6.45) is 0.925. The van der Waals surface area contributed by atoms with E-state index in [1.807, 2.05) is 4.83 Å². The minimum absolute atomic E-state index is 0.00144. The summed E-state index contributed by atoms with van der Waals surface area (Å²) in [5.41, 5.74) is -0.704. The SMILES string of the molecule is O=[N+]([O-])c1cc(Cl)cc(/C=N\NS(=O)(=O)c2ccccc2)c1O. The Labute approximate surface area is 136 Å². The number of nitrogens with one attached hydrogen (secondary N) is 1. The van der Waals surface area contributed by atoms with Crippen LogP contribution in [0.2, 0.25) is 5.02 Å². The lowest BCUT2D eigenvalue weighted by Gasteiger charge is -2.04. The van der Waals surface area contributed by atoms with E-state index < -0.39 is 26.4 Å². The summed E-state index contributed by atoms with van der Waals surface area (Å²) in [7, 11) is -3.88. The van der Waals surface area contributed by atoms with Gasteiger partial charge in [0.1, 0.15) is 0 Å². The second-order valence-electron chi connectivity index (χ2n) is 4.29. The maximum atomic E-state index is 11.9. The zero-order chi connectivity index (χ0) is 17.0. The Morgan fingerprint density at radius 2 is 1.91 bits per heavy atom. The quantitative estimate of drug-likeness (QED) is 0.484. The van der Waals surface area contributed by atoms with Crippen molar-refractivity contribution in [2.24, 2.45) is 5.10 Å². The Morgan fingerprint density at radius 3 is 2.52 bits per heavy atom. The zero-order valence-corrected chi connectivity index (χ0v) is 13.0. The number of aromatic hydroxyl groups is 1. The molecule has 0 aromatic heterocycles. The highest BCUT2D eigenvalue weighted by molar-refractivity contribution is 7.89. The molecule has 0 amide bonds. The van der Waals surface area contributed by atoms with Gasteiger partial charge in [-0.2, -0.15) is 13.5 Å². The minimum atomic E-state index is -3.88. The highest BCUT2D eigenvalue weighted by atomic mass is 35.5. The van der Waals surface area contributed by atoms with Gasteiger partial charge in [-0.15, -0.1) is 0 Å². The molecule has 2 aromatic carbocycles. The van der Waals surface area contributed by atoms with Crippen LogP contribution in [0.4, 0.5) is 5.69 Å². The molecule has 0 bridgehead atoms. The molecule has 23 heavy (non-hydrogen) atoms. The van der Waals surface area contributed by atoms with Crippen LogP contribution in [-0.2, 0) is 10.0 Å². The zero-order valence-electron chi connectivity index (χ0n) is 11.4. The van der Waals surface area contributed by atoms with Crippen molar-refractivity contribution >= 4 is 33.5 Å². The molecular weight excluding hydrogens is 346 g/mol. The number of hydrazone groups is 1. The molecule has 10 heteroatoms. The van der Waals surface area contributed by atoms with Crippen molar-refractivity contribution < 1.29 is 18.4 Å². The van der Waals surface area contributed by atoms with Crippen molar-refractivity contribution in [2.75, 3.05) is 0 Å². The van der Waals surface area contributed by atoms with Crippen LogP contribution in [0.5, 0.6) is 5.75 Å². The highest BCUT2D eigenvalue weighted by Gasteiger charge is 2.18. The number of hydrogen-bond acceptors (Lipinski definition) is 6. The van der Waals surface area contributed by atoms with Crippen molar-refractivity contribution in [3.05, 3.63) is 63.2 Å². The summed E-state index contributed by atoms with van der Waals surface area (Å²) in [5.74, 6) is -0.665. The monoisotopic (exact) mass is 355 g/mol. The first-order valence-electron chi connectivity index (χ1n) is 6.08. The highest BCUT2D eigenvalue weighted by Crippen LogP contribution is 2.32. The number of nitro benzene ring substituents is 1. The molecular formula is C13H10ClN3O5S. The normalized spacial score (nSPS) is 11.5. The molecule has 0 aliphatic rings. The van der Waals surface area contributed by atoms with E-state index in [0.29, 0.717) is 0 Å². The molecule has 2 N–H and O–H groups in total. The smallest absolute Gasteiger partial charge is 0.312 e. The molecule has 0 unspecified atom stereocenters. The van der Waals surface area contributed by atoms with Crippen LogP contribution in [0.1, 0.15) is 5.56 Å². The number of rotatable bonds is 5. The summed E-state index contributed by atoms with van der Waals surface area (Å²) in [6, 6.07) is 9.69. The lowest BCUT2D eigenvalue weighted by Crippen LogP contribution is -2.18. The first kappa shape index (κ1) is 16.7. The molecule has 2 rings (SSSR count). The molecule has 0 atom stereocenters. The van der Waals surface area contributed by atoms with Crippen molar-refractivity contribution in [1.29, 1.82) is 0 Å². The maximum absolute atomic E-state index is 11.9. The predicted molar refractivity (Wildman–Crippen MR) is 84.1 cm³/mol. The summed E-state index contributed by atoms with van der Waals surface area (Å²) in [5, 5.41) is 24.0. The second-order valence-corrected chi connectivity index (χ2v) is 6.38.